The van der Waals surface area contributed by atoms with Crippen LogP contribution in [0.4, 0.5) is 4.39 Å². The zero-order chi connectivity index (χ0) is 17.8. The highest BCUT2D eigenvalue weighted by Crippen LogP contribution is 2.13. The van der Waals surface area contributed by atoms with Crippen molar-refractivity contribution in [1.29, 1.82) is 0 Å². The first-order chi connectivity index (χ1) is 12.0. The van der Waals surface area contributed by atoms with Gasteiger partial charge in [-0.25, -0.2) is 9.18 Å². The number of hydrogen-bond donors (Lipinski definition) is 2. The van der Waals surface area contributed by atoms with Crippen molar-refractivity contribution in [2.24, 2.45) is 0 Å². The molecule has 2 aromatic carbocycles. The van der Waals surface area contributed by atoms with Crippen LogP contribution in [0.25, 0.3) is 10.9 Å². The number of fused-ring (bicyclic) bond motifs is 1. The van der Waals surface area contributed by atoms with E-state index in [-0.39, 0.29) is 12.0 Å². The first-order valence-corrected chi connectivity index (χ1v) is 7.67. The van der Waals surface area contributed by atoms with E-state index in [1.807, 2.05) is 30.3 Å². The van der Waals surface area contributed by atoms with Crippen LogP contribution in [0, 0.1) is 5.82 Å². The summed E-state index contributed by atoms with van der Waals surface area (Å²) in [5.74, 6) is -2.39. The number of carbonyl (C=O) groups excluding carboxylic acids is 1. The number of carboxylic acid groups (broad SMARTS) is 1. The van der Waals surface area contributed by atoms with E-state index >= 15 is 0 Å². The van der Waals surface area contributed by atoms with Crippen LogP contribution < -0.4 is 5.32 Å². The average molecular weight is 338 g/mol. The van der Waals surface area contributed by atoms with Gasteiger partial charge in [-0.2, -0.15) is 0 Å². The Labute approximate surface area is 143 Å². The molecular weight excluding hydrogens is 323 g/mol. The zero-order valence-corrected chi connectivity index (χ0v) is 13.1. The number of pyridine rings is 1. The van der Waals surface area contributed by atoms with Crippen molar-refractivity contribution in [3.8, 4) is 0 Å². The number of para-hydroxylation sites is 1. The molecule has 0 saturated heterocycles. The van der Waals surface area contributed by atoms with Crippen LogP contribution in [-0.2, 0) is 11.2 Å². The molecule has 3 rings (SSSR count). The SMILES string of the molecule is O=C(N[C@H](Cc1ccc2ccccc2n1)C(=O)O)c1cccc(F)c1. The Balaban J connectivity index is 1.78. The van der Waals surface area contributed by atoms with Crippen LogP contribution in [0.5, 0.6) is 0 Å². The van der Waals surface area contributed by atoms with Crippen molar-refractivity contribution in [3.63, 3.8) is 0 Å². The summed E-state index contributed by atoms with van der Waals surface area (Å²) in [5, 5.41) is 12.7. The number of hydrogen-bond acceptors (Lipinski definition) is 3. The van der Waals surface area contributed by atoms with Gasteiger partial charge in [-0.1, -0.05) is 30.3 Å². The predicted octanol–water partition coefficient (Wildman–Crippen LogP) is 2.80. The Hall–Kier alpha value is -3.28. The Kier molecular flexibility index (Phi) is 4.70. The maximum Gasteiger partial charge on any atom is 0.326 e. The lowest BCUT2D eigenvalue weighted by molar-refractivity contribution is -0.139. The van der Waals surface area contributed by atoms with Crippen molar-refractivity contribution in [3.05, 3.63) is 77.7 Å². The molecule has 3 aromatic rings. The van der Waals surface area contributed by atoms with E-state index in [1.165, 1.54) is 18.2 Å². The average Bonchev–Trinajstić information content (AvgIpc) is 2.61. The monoisotopic (exact) mass is 338 g/mol. The summed E-state index contributed by atoms with van der Waals surface area (Å²) in [6.07, 6.45) is 0.0290. The van der Waals surface area contributed by atoms with Gasteiger partial charge in [0.2, 0.25) is 0 Å². The summed E-state index contributed by atoms with van der Waals surface area (Å²) < 4.78 is 13.2. The van der Waals surface area contributed by atoms with Crippen molar-refractivity contribution in [1.82, 2.24) is 10.3 Å². The van der Waals surface area contributed by atoms with Gasteiger partial charge < -0.3 is 10.4 Å². The molecule has 0 fully saturated rings. The van der Waals surface area contributed by atoms with E-state index in [4.69, 9.17) is 0 Å². The van der Waals surface area contributed by atoms with Gasteiger partial charge in [0.25, 0.3) is 5.91 Å². The fraction of sp³-hybridized carbons (Fsp3) is 0.105. The molecule has 0 bridgehead atoms. The molecule has 0 unspecified atom stereocenters. The Bertz CT molecular complexity index is 943. The first kappa shape index (κ1) is 16.6. The minimum Gasteiger partial charge on any atom is -0.480 e. The van der Waals surface area contributed by atoms with Crippen molar-refractivity contribution in [2.75, 3.05) is 0 Å². The second-order valence-electron chi connectivity index (χ2n) is 5.57. The van der Waals surface area contributed by atoms with Crippen LogP contribution in [-0.4, -0.2) is 28.0 Å². The van der Waals surface area contributed by atoms with Gasteiger partial charge in [-0.3, -0.25) is 9.78 Å². The fourth-order valence-corrected chi connectivity index (χ4v) is 2.50. The summed E-state index contributed by atoms with van der Waals surface area (Å²) in [6.45, 7) is 0. The summed E-state index contributed by atoms with van der Waals surface area (Å²) in [4.78, 5) is 28.1. The van der Waals surface area contributed by atoms with Gasteiger partial charge in [-0.15, -0.1) is 0 Å². The van der Waals surface area contributed by atoms with Crippen LogP contribution in [0.3, 0.4) is 0 Å². The van der Waals surface area contributed by atoms with Crippen LogP contribution >= 0.6 is 0 Å². The number of carbonyl (C=O) groups is 2. The molecule has 1 aromatic heterocycles. The number of nitrogens with zero attached hydrogens (tertiary/aromatic N) is 1. The third-order valence-electron chi connectivity index (χ3n) is 3.76. The second-order valence-corrected chi connectivity index (χ2v) is 5.57. The lowest BCUT2D eigenvalue weighted by atomic mass is 10.1. The number of amides is 1. The maximum atomic E-state index is 13.2. The Morgan fingerprint density at radius 3 is 2.64 bits per heavy atom. The number of nitrogens with one attached hydrogen (secondary N) is 1. The normalized spacial score (nSPS) is 11.9. The molecular formula is C19H15FN2O3. The standard InChI is InChI=1S/C19H15FN2O3/c20-14-6-3-5-13(10-14)18(23)22-17(19(24)25)11-15-9-8-12-4-1-2-7-16(12)21-15/h1-10,17H,11H2,(H,22,23)(H,24,25)/t17-/m1/s1. The van der Waals surface area contributed by atoms with E-state index < -0.39 is 23.7 Å². The van der Waals surface area contributed by atoms with Crippen molar-refractivity contribution < 1.29 is 19.1 Å². The number of halogens is 1. The minimum absolute atomic E-state index is 0.0290. The number of aliphatic carboxylic acids is 1. The molecule has 1 amide bonds. The van der Waals surface area contributed by atoms with Gasteiger partial charge in [-0.05, 0) is 30.3 Å². The zero-order valence-electron chi connectivity index (χ0n) is 13.1. The minimum atomic E-state index is -1.18. The Morgan fingerprint density at radius 1 is 1.08 bits per heavy atom. The number of rotatable bonds is 5. The van der Waals surface area contributed by atoms with Crippen molar-refractivity contribution >= 4 is 22.8 Å². The number of carboxylic acids is 1. The van der Waals surface area contributed by atoms with Gasteiger partial charge in [0, 0.05) is 23.1 Å². The topological polar surface area (TPSA) is 79.3 Å². The summed E-state index contributed by atoms with van der Waals surface area (Å²) in [7, 11) is 0. The molecule has 0 radical (unpaired) electrons. The highest BCUT2D eigenvalue weighted by Gasteiger charge is 2.22. The summed E-state index contributed by atoms with van der Waals surface area (Å²) in [6, 6.07) is 15.0. The summed E-state index contributed by atoms with van der Waals surface area (Å²) >= 11 is 0. The molecule has 0 spiro atoms. The highest BCUT2D eigenvalue weighted by atomic mass is 19.1. The molecule has 6 heteroatoms. The molecule has 0 aliphatic heterocycles. The Morgan fingerprint density at radius 2 is 1.88 bits per heavy atom. The molecule has 1 atom stereocenters. The van der Waals surface area contributed by atoms with Crippen molar-refractivity contribution in [2.45, 2.75) is 12.5 Å². The molecule has 2 N–H and O–H groups in total. The van der Waals surface area contributed by atoms with Crippen LogP contribution in [0.15, 0.2) is 60.7 Å². The molecule has 0 aliphatic rings. The van der Waals surface area contributed by atoms with E-state index in [1.54, 1.807) is 6.07 Å². The predicted molar refractivity (Wildman–Crippen MR) is 90.7 cm³/mol. The smallest absolute Gasteiger partial charge is 0.326 e. The maximum absolute atomic E-state index is 13.2. The number of benzene rings is 2. The second kappa shape index (κ2) is 7.09. The van der Waals surface area contributed by atoms with E-state index in [9.17, 15) is 19.1 Å². The van der Waals surface area contributed by atoms with E-state index in [0.29, 0.717) is 5.69 Å². The third kappa shape index (κ3) is 3.98. The van der Waals surface area contributed by atoms with E-state index in [2.05, 4.69) is 10.3 Å². The lowest BCUT2D eigenvalue weighted by Gasteiger charge is -2.14. The van der Waals surface area contributed by atoms with Crippen LogP contribution in [0.2, 0.25) is 0 Å². The van der Waals surface area contributed by atoms with Gasteiger partial charge in [0.15, 0.2) is 0 Å². The molecule has 126 valence electrons. The first-order valence-electron chi connectivity index (χ1n) is 7.67. The fourth-order valence-electron chi connectivity index (χ4n) is 2.50. The van der Waals surface area contributed by atoms with E-state index in [0.717, 1.165) is 17.0 Å². The highest BCUT2D eigenvalue weighted by molar-refractivity contribution is 5.96. The van der Waals surface area contributed by atoms with Gasteiger partial charge in [0.1, 0.15) is 11.9 Å². The molecule has 5 nitrogen and oxygen atoms in total. The molecule has 0 saturated carbocycles. The lowest BCUT2D eigenvalue weighted by Crippen LogP contribution is -2.42. The summed E-state index contributed by atoms with van der Waals surface area (Å²) in [5.41, 5.74) is 1.36. The third-order valence-corrected chi connectivity index (χ3v) is 3.76. The molecule has 1 heterocycles. The van der Waals surface area contributed by atoms with Gasteiger partial charge in [0.05, 0.1) is 5.52 Å². The largest absolute Gasteiger partial charge is 0.480 e. The van der Waals surface area contributed by atoms with Gasteiger partial charge >= 0.3 is 5.97 Å². The molecule has 25 heavy (non-hydrogen) atoms. The quantitative estimate of drug-likeness (QED) is 0.750. The number of aromatic nitrogens is 1. The molecule has 0 aliphatic carbocycles. The van der Waals surface area contributed by atoms with Crippen LogP contribution in [0.1, 0.15) is 16.1 Å².